The maximum absolute atomic E-state index is 6.05. The van der Waals surface area contributed by atoms with Gasteiger partial charge in [0.1, 0.15) is 12.4 Å². The van der Waals surface area contributed by atoms with Crippen molar-refractivity contribution < 1.29 is 4.74 Å². The summed E-state index contributed by atoms with van der Waals surface area (Å²) in [6.45, 7) is 10.5. The minimum absolute atomic E-state index is 0.477. The Kier molecular flexibility index (Phi) is 4.16. The Morgan fingerprint density at radius 3 is 2.48 bits per heavy atom. The molecule has 0 aliphatic rings. The first-order valence-corrected chi connectivity index (χ1v) is 7.81. The first-order valence-electron chi connectivity index (χ1n) is 7.81. The fraction of sp³-hybridized carbons (Fsp3) is 0.190. The third-order valence-electron chi connectivity index (χ3n) is 3.97. The van der Waals surface area contributed by atoms with Crippen molar-refractivity contribution in [1.29, 1.82) is 0 Å². The lowest BCUT2D eigenvalue weighted by Crippen LogP contribution is -1.99. The first kappa shape index (κ1) is 15.3. The van der Waals surface area contributed by atoms with Crippen LogP contribution in [0.2, 0.25) is 0 Å². The van der Waals surface area contributed by atoms with E-state index in [1.165, 1.54) is 16.7 Å². The molecule has 0 fully saturated rings. The lowest BCUT2D eigenvalue weighted by Gasteiger charge is -2.15. The Balaban J connectivity index is 2.28. The average Bonchev–Trinajstić information content (AvgIpc) is 2.53. The first-order chi connectivity index (χ1) is 11.1. The van der Waals surface area contributed by atoms with Crippen molar-refractivity contribution in [2.45, 2.75) is 20.8 Å². The van der Waals surface area contributed by atoms with Crippen LogP contribution in [0, 0.1) is 20.8 Å². The maximum atomic E-state index is 6.05. The third-order valence-corrected chi connectivity index (χ3v) is 3.97. The van der Waals surface area contributed by atoms with E-state index in [4.69, 9.17) is 4.74 Å². The summed E-state index contributed by atoms with van der Waals surface area (Å²) < 4.78 is 6.05. The summed E-state index contributed by atoms with van der Waals surface area (Å²) in [5.41, 5.74) is 6.73. The number of benzene rings is 2. The van der Waals surface area contributed by atoms with Crippen LogP contribution in [-0.4, -0.2) is 11.6 Å². The molecule has 3 rings (SSSR count). The Bertz CT molecular complexity index is 863. The second-order valence-corrected chi connectivity index (χ2v) is 5.94. The monoisotopic (exact) mass is 303 g/mol. The Morgan fingerprint density at radius 1 is 1.04 bits per heavy atom. The van der Waals surface area contributed by atoms with Gasteiger partial charge in [-0.2, -0.15) is 0 Å². The summed E-state index contributed by atoms with van der Waals surface area (Å²) in [6.07, 6.45) is 3.68. The van der Waals surface area contributed by atoms with E-state index in [2.05, 4.69) is 68.7 Å². The molecule has 3 aromatic rings. The number of nitrogens with zero attached hydrogens (tertiary/aromatic N) is 1. The minimum atomic E-state index is 0.477. The molecule has 0 N–H and O–H groups in total. The molecule has 0 bridgehead atoms. The molecular formula is C21H21NO. The van der Waals surface area contributed by atoms with Crippen molar-refractivity contribution in [2.24, 2.45) is 0 Å². The van der Waals surface area contributed by atoms with Gasteiger partial charge in [0.15, 0.2) is 0 Å². The molecule has 2 heteroatoms. The molecule has 0 saturated carbocycles. The van der Waals surface area contributed by atoms with Gasteiger partial charge in [-0.15, -0.1) is 0 Å². The highest BCUT2D eigenvalue weighted by Crippen LogP contribution is 2.37. The SMILES string of the molecule is C=CCOc1c(-c2ccc(C)cc2)cnc2cc(C)cc(C)c12. The molecule has 116 valence electrons. The zero-order valence-electron chi connectivity index (χ0n) is 13.9. The smallest absolute Gasteiger partial charge is 0.138 e. The zero-order valence-corrected chi connectivity index (χ0v) is 13.9. The number of ether oxygens (including phenoxy) is 1. The molecule has 0 aliphatic heterocycles. The van der Waals surface area contributed by atoms with Crippen LogP contribution < -0.4 is 4.74 Å². The predicted molar refractivity (Wildman–Crippen MR) is 97.1 cm³/mol. The molecule has 0 amide bonds. The van der Waals surface area contributed by atoms with E-state index in [0.29, 0.717) is 6.61 Å². The molecule has 0 saturated heterocycles. The van der Waals surface area contributed by atoms with Crippen LogP contribution in [0.3, 0.4) is 0 Å². The summed E-state index contributed by atoms with van der Waals surface area (Å²) >= 11 is 0. The molecule has 0 spiro atoms. The van der Waals surface area contributed by atoms with Crippen LogP contribution in [-0.2, 0) is 0 Å². The van der Waals surface area contributed by atoms with Crippen LogP contribution in [0.25, 0.3) is 22.0 Å². The molecule has 0 unspecified atom stereocenters. The van der Waals surface area contributed by atoms with Crippen molar-refractivity contribution >= 4 is 10.9 Å². The Morgan fingerprint density at radius 2 is 1.78 bits per heavy atom. The summed E-state index contributed by atoms with van der Waals surface area (Å²) in [4.78, 5) is 4.66. The zero-order chi connectivity index (χ0) is 16.4. The van der Waals surface area contributed by atoms with Crippen molar-refractivity contribution in [1.82, 2.24) is 4.98 Å². The Hall–Kier alpha value is -2.61. The summed E-state index contributed by atoms with van der Waals surface area (Å²) in [7, 11) is 0. The number of hydrogen-bond donors (Lipinski definition) is 0. The van der Waals surface area contributed by atoms with Gasteiger partial charge in [0.05, 0.1) is 5.52 Å². The number of fused-ring (bicyclic) bond motifs is 1. The number of hydrogen-bond acceptors (Lipinski definition) is 2. The highest BCUT2D eigenvalue weighted by atomic mass is 16.5. The lowest BCUT2D eigenvalue weighted by molar-refractivity contribution is 0.368. The van der Waals surface area contributed by atoms with E-state index in [1.807, 2.05) is 6.20 Å². The molecule has 2 nitrogen and oxygen atoms in total. The number of aryl methyl sites for hydroxylation is 3. The van der Waals surface area contributed by atoms with Crippen LogP contribution in [0.4, 0.5) is 0 Å². The predicted octanol–water partition coefficient (Wildman–Crippen LogP) is 5.39. The van der Waals surface area contributed by atoms with Gasteiger partial charge in [0.2, 0.25) is 0 Å². The van der Waals surface area contributed by atoms with Crippen LogP contribution in [0.15, 0.2) is 55.3 Å². The molecular weight excluding hydrogens is 282 g/mol. The van der Waals surface area contributed by atoms with Gasteiger partial charge >= 0.3 is 0 Å². The standard InChI is InChI=1S/C21H21NO/c1-5-10-23-21-18(17-8-6-14(2)7-9-17)13-22-19-12-15(3)11-16(4)20(19)21/h5-9,11-13H,1,10H2,2-4H3. The van der Waals surface area contributed by atoms with E-state index in [9.17, 15) is 0 Å². The van der Waals surface area contributed by atoms with Crippen molar-refractivity contribution in [3.8, 4) is 16.9 Å². The number of rotatable bonds is 4. The van der Waals surface area contributed by atoms with Crippen molar-refractivity contribution in [3.05, 3.63) is 71.9 Å². The van der Waals surface area contributed by atoms with Crippen LogP contribution in [0.1, 0.15) is 16.7 Å². The molecule has 1 heterocycles. The van der Waals surface area contributed by atoms with E-state index >= 15 is 0 Å². The van der Waals surface area contributed by atoms with E-state index in [-0.39, 0.29) is 0 Å². The van der Waals surface area contributed by atoms with Gasteiger partial charge in [0.25, 0.3) is 0 Å². The third kappa shape index (κ3) is 2.98. The summed E-state index contributed by atoms with van der Waals surface area (Å²) in [6, 6.07) is 12.7. The van der Waals surface area contributed by atoms with E-state index < -0.39 is 0 Å². The van der Waals surface area contributed by atoms with E-state index in [1.54, 1.807) is 6.08 Å². The van der Waals surface area contributed by atoms with Gasteiger partial charge in [-0.3, -0.25) is 4.98 Å². The van der Waals surface area contributed by atoms with Gasteiger partial charge in [-0.1, -0.05) is 48.6 Å². The molecule has 0 radical (unpaired) electrons. The van der Waals surface area contributed by atoms with Gasteiger partial charge in [-0.25, -0.2) is 0 Å². The molecule has 0 aliphatic carbocycles. The highest BCUT2D eigenvalue weighted by Gasteiger charge is 2.14. The van der Waals surface area contributed by atoms with Gasteiger partial charge < -0.3 is 4.74 Å². The maximum Gasteiger partial charge on any atom is 0.138 e. The van der Waals surface area contributed by atoms with Crippen molar-refractivity contribution in [3.63, 3.8) is 0 Å². The van der Waals surface area contributed by atoms with Gasteiger partial charge in [-0.05, 0) is 43.5 Å². The normalized spacial score (nSPS) is 10.7. The second kappa shape index (κ2) is 6.25. The fourth-order valence-electron chi connectivity index (χ4n) is 2.90. The Labute approximate surface area is 137 Å². The average molecular weight is 303 g/mol. The van der Waals surface area contributed by atoms with Crippen LogP contribution in [0.5, 0.6) is 5.75 Å². The molecule has 23 heavy (non-hydrogen) atoms. The van der Waals surface area contributed by atoms with E-state index in [0.717, 1.165) is 27.8 Å². The van der Waals surface area contributed by atoms with Gasteiger partial charge in [0, 0.05) is 17.1 Å². The number of pyridine rings is 1. The topological polar surface area (TPSA) is 22.1 Å². The highest BCUT2D eigenvalue weighted by molar-refractivity contribution is 5.94. The molecule has 0 atom stereocenters. The molecule has 1 aromatic heterocycles. The summed E-state index contributed by atoms with van der Waals surface area (Å²) in [5.74, 6) is 0.885. The lowest BCUT2D eigenvalue weighted by atomic mass is 9.99. The quantitative estimate of drug-likeness (QED) is 0.603. The number of aromatic nitrogens is 1. The van der Waals surface area contributed by atoms with Crippen molar-refractivity contribution in [2.75, 3.05) is 6.61 Å². The summed E-state index contributed by atoms with van der Waals surface area (Å²) in [5, 5.41) is 1.08. The molecule has 2 aromatic carbocycles. The second-order valence-electron chi connectivity index (χ2n) is 5.94. The van der Waals surface area contributed by atoms with Crippen LogP contribution >= 0.6 is 0 Å². The minimum Gasteiger partial charge on any atom is -0.488 e. The fourth-order valence-corrected chi connectivity index (χ4v) is 2.90. The largest absolute Gasteiger partial charge is 0.488 e.